The Morgan fingerprint density at radius 1 is 1.03 bits per heavy atom. The summed E-state index contributed by atoms with van der Waals surface area (Å²) in [4.78, 5) is 26.3. The third-order valence-electron chi connectivity index (χ3n) is 8.05. The normalized spacial score (nSPS) is 16.4. The van der Waals surface area contributed by atoms with E-state index in [0.29, 0.717) is 36.3 Å². The first kappa shape index (κ1) is 24.5. The van der Waals surface area contributed by atoms with E-state index in [-0.39, 0.29) is 17.4 Å². The summed E-state index contributed by atoms with van der Waals surface area (Å²) in [5, 5.41) is 6.05. The predicted molar refractivity (Wildman–Crippen MR) is 143 cm³/mol. The lowest BCUT2D eigenvalue weighted by atomic mass is 9.82. The van der Waals surface area contributed by atoms with Crippen LogP contribution in [0.5, 0.6) is 0 Å². The van der Waals surface area contributed by atoms with Gasteiger partial charge in [-0.25, -0.2) is 8.78 Å². The van der Waals surface area contributed by atoms with Gasteiger partial charge < -0.3 is 4.90 Å². The van der Waals surface area contributed by atoms with Gasteiger partial charge in [-0.1, -0.05) is 0 Å². The van der Waals surface area contributed by atoms with Crippen LogP contribution in [0.3, 0.4) is 0 Å². The number of ketones is 1. The molecule has 0 saturated heterocycles. The minimum atomic E-state index is -2.63. The Morgan fingerprint density at radius 3 is 2.50 bits per heavy atom. The highest BCUT2D eigenvalue weighted by Crippen LogP contribution is 2.45. The molecule has 1 aliphatic heterocycles. The minimum absolute atomic E-state index is 0.0110. The summed E-state index contributed by atoms with van der Waals surface area (Å²) in [6.45, 7) is 2.21. The van der Waals surface area contributed by atoms with Crippen LogP contribution in [0.25, 0.3) is 21.9 Å². The number of carbonyl (C=O) groups excluding carboxylic acids is 2. The lowest BCUT2D eigenvalue weighted by Crippen LogP contribution is -2.25. The maximum absolute atomic E-state index is 14.4. The van der Waals surface area contributed by atoms with Gasteiger partial charge in [-0.2, -0.15) is 5.10 Å². The van der Waals surface area contributed by atoms with Crippen molar-refractivity contribution in [2.75, 3.05) is 11.4 Å². The number of fused-ring (bicyclic) bond motifs is 2. The molecule has 2 aromatic carbocycles. The Morgan fingerprint density at radius 2 is 1.82 bits per heavy atom. The molecule has 3 heterocycles. The molecule has 0 unspecified atom stereocenters. The number of hydrogen-bond acceptors (Lipinski definition) is 4. The van der Waals surface area contributed by atoms with Crippen molar-refractivity contribution in [3.63, 3.8) is 0 Å². The number of Topliss-reactive ketones (excluding diaryl/α,β-unsaturated/α-hetero) is 1. The van der Waals surface area contributed by atoms with Gasteiger partial charge in [-0.15, -0.1) is 0 Å². The predicted octanol–water partition coefficient (Wildman–Crippen LogP) is 6.95. The van der Waals surface area contributed by atoms with Crippen LogP contribution in [0.1, 0.15) is 72.9 Å². The first-order chi connectivity index (χ1) is 18.3. The van der Waals surface area contributed by atoms with Crippen molar-refractivity contribution in [2.24, 2.45) is 7.05 Å². The SMILES string of the molecule is CC(=O)n1cc2cc(C3CCC(=O)CC3)cc(N3CCCc4cc(-c5cnn(C)c5)c(C(F)F)cc43)c2c1. The van der Waals surface area contributed by atoms with Crippen LogP contribution < -0.4 is 4.90 Å². The average Bonchev–Trinajstić information content (AvgIpc) is 3.54. The number of alkyl halides is 2. The van der Waals surface area contributed by atoms with Crippen LogP contribution in [0.15, 0.2) is 49.1 Å². The maximum Gasteiger partial charge on any atom is 0.264 e. The molecule has 1 aliphatic carbocycles. The Bertz CT molecular complexity index is 1560. The summed E-state index contributed by atoms with van der Waals surface area (Å²) < 4.78 is 32.0. The fourth-order valence-electron chi connectivity index (χ4n) is 6.06. The van der Waals surface area contributed by atoms with Crippen molar-refractivity contribution in [1.29, 1.82) is 0 Å². The van der Waals surface area contributed by atoms with E-state index in [1.807, 2.05) is 18.5 Å². The second kappa shape index (κ2) is 9.49. The van der Waals surface area contributed by atoms with Crippen molar-refractivity contribution in [1.82, 2.24) is 14.3 Å². The summed E-state index contributed by atoms with van der Waals surface area (Å²) >= 11 is 0. The Kier molecular flexibility index (Phi) is 6.13. The fraction of sp³-hybridized carbons (Fsp3) is 0.367. The Labute approximate surface area is 219 Å². The van der Waals surface area contributed by atoms with Crippen LogP contribution >= 0.6 is 0 Å². The molecule has 6 nitrogen and oxygen atoms in total. The van der Waals surface area contributed by atoms with Crippen molar-refractivity contribution < 1.29 is 18.4 Å². The molecule has 8 heteroatoms. The first-order valence-corrected chi connectivity index (χ1v) is 13.2. The van der Waals surface area contributed by atoms with E-state index in [1.165, 1.54) is 6.92 Å². The number of halogens is 2. The lowest BCUT2D eigenvalue weighted by molar-refractivity contribution is -0.120. The number of aromatic nitrogens is 3. The Balaban J connectivity index is 1.52. The number of benzene rings is 2. The number of carbonyl (C=O) groups is 2. The van der Waals surface area contributed by atoms with Gasteiger partial charge in [0.15, 0.2) is 0 Å². The van der Waals surface area contributed by atoms with E-state index in [9.17, 15) is 18.4 Å². The average molecular weight is 517 g/mol. The van der Waals surface area contributed by atoms with Gasteiger partial charge in [-0.3, -0.25) is 18.8 Å². The van der Waals surface area contributed by atoms with Crippen molar-refractivity contribution in [3.8, 4) is 11.1 Å². The van der Waals surface area contributed by atoms with Crippen LogP contribution in [0.2, 0.25) is 0 Å². The van der Waals surface area contributed by atoms with Crippen molar-refractivity contribution in [3.05, 3.63) is 65.7 Å². The molecule has 0 N–H and O–H groups in total. The summed E-state index contributed by atoms with van der Waals surface area (Å²) in [5.74, 6) is 0.474. The molecular formula is C30H30F2N4O2. The quantitative estimate of drug-likeness (QED) is 0.295. The zero-order valence-electron chi connectivity index (χ0n) is 21.6. The third-order valence-corrected chi connectivity index (χ3v) is 8.05. The molecule has 0 bridgehead atoms. The highest BCUT2D eigenvalue weighted by Gasteiger charge is 2.28. The zero-order chi connectivity index (χ0) is 26.6. The van der Waals surface area contributed by atoms with Gasteiger partial charge in [0, 0.05) is 79.5 Å². The Hall–Kier alpha value is -3.81. The van der Waals surface area contributed by atoms with Crippen LogP contribution in [0, 0.1) is 0 Å². The van der Waals surface area contributed by atoms with Gasteiger partial charge in [0.25, 0.3) is 6.43 Å². The summed E-state index contributed by atoms with van der Waals surface area (Å²) in [7, 11) is 1.78. The van der Waals surface area contributed by atoms with E-state index in [4.69, 9.17) is 0 Å². The molecule has 0 atom stereocenters. The van der Waals surface area contributed by atoms with Crippen molar-refractivity contribution >= 4 is 33.8 Å². The molecule has 0 amide bonds. The topological polar surface area (TPSA) is 60.1 Å². The molecule has 0 radical (unpaired) electrons. The molecule has 6 rings (SSSR count). The highest BCUT2D eigenvalue weighted by atomic mass is 19.3. The van der Waals surface area contributed by atoms with E-state index in [1.54, 1.807) is 34.8 Å². The minimum Gasteiger partial charge on any atom is -0.341 e. The van der Waals surface area contributed by atoms with Crippen LogP contribution in [-0.4, -0.2) is 32.6 Å². The van der Waals surface area contributed by atoms with Gasteiger partial charge in [-0.05, 0) is 72.6 Å². The van der Waals surface area contributed by atoms with Crippen molar-refractivity contribution in [2.45, 2.75) is 57.8 Å². The van der Waals surface area contributed by atoms with Crippen LogP contribution in [-0.2, 0) is 18.3 Å². The zero-order valence-corrected chi connectivity index (χ0v) is 21.6. The van der Waals surface area contributed by atoms with E-state index >= 15 is 0 Å². The summed E-state index contributed by atoms with van der Waals surface area (Å²) in [6.07, 6.45) is 8.88. The van der Waals surface area contributed by atoms with E-state index in [2.05, 4.69) is 22.1 Å². The second-order valence-electron chi connectivity index (χ2n) is 10.6. The third kappa shape index (κ3) is 4.31. The molecular weight excluding hydrogens is 486 g/mol. The van der Waals surface area contributed by atoms with E-state index < -0.39 is 6.43 Å². The molecule has 2 aliphatic rings. The molecule has 0 spiro atoms. The first-order valence-electron chi connectivity index (χ1n) is 13.2. The number of hydrogen-bond donors (Lipinski definition) is 0. The number of nitrogens with zero attached hydrogens (tertiary/aromatic N) is 4. The van der Waals surface area contributed by atoms with E-state index in [0.717, 1.165) is 59.0 Å². The molecule has 2 aromatic heterocycles. The summed E-state index contributed by atoms with van der Waals surface area (Å²) in [6, 6.07) is 7.81. The molecule has 1 saturated carbocycles. The number of rotatable bonds is 4. The monoisotopic (exact) mass is 516 g/mol. The highest BCUT2D eigenvalue weighted by molar-refractivity contribution is 6.00. The summed E-state index contributed by atoms with van der Waals surface area (Å²) in [5.41, 5.74) is 5.04. The van der Waals surface area contributed by atoms with Gasteiger partial charge in [0.05, 0.1) is 11.9 Å². The fourth-order valence-corrected chi connectivity index (χ4v) is 6.06. The molecule has 38 heavy (non-hydrogen) atoms. The van der Waals surface area contributed by atoms with Gasteiger partial charge in [0.2, 0.25) is 5.91 Å². The molecule has 4 aromatic rings. The van der Waals surface area contributed by atoms with Gasteiger partial charge >= 0.3 is 0 Å². The number of anilines is 2. The second-order valence-corrected chi connectivity index (χ2v) is 10.6. The van der Waals surface area contributed by atoms with Crippen LogP contribution in [0.4, 0.5) is 20.2 Å². The largest absolute Gasteiger partial charge is 0.341 e. The lowest BCUT2D eigenvalue weighted by Gasteiger charge is -2.34. The van der Waals surface area contributed by atoms with Gasteiger partial charge in [0.1, 0.15) is 5.78 Å². The number of aryl methyl sites for hydroxylation is 2. The standard InChI is InChI=1S/C30H30F2N4O2/c1-18(37)35-16-22-10-21(19-5-7-24(38)8-6-19)12-29(27(22)17-35)36-9-3-4-20-11-25(23-14-33-34(2)15-23)26(30(31)32)13-28(20)36/h10-17,19,30H,3-9H2,1-2H3. The smallest absolute Gasteiger partial charge is 0.264 e. The maximum atomic E-state index is 14.4. The molecule has 196 valence electrons. The molecule has 1 fully saturated rings.